The van der Waals surface area contributed by atoms with Crippen LogP contribution in [0, 0.1) is 0 Å². The molecule has 0 spiro atoms. The van der Waals surface area contributed by atoms with Crippen LogP contribution in [-0.4, -0.2) is 23.1 Å². The molecule has 1 aliphatic carbocycles. The van der Waals surface area contributed by atoms with Crippen LogP contribution in [0.2, 0.25) is 0 Å². The Kier molecular flexibility index (Phi) is 1.18. The van der Waals surface area contributed by atoms with Gasteiger partial charge in [-0.25, -0.2) is 0 Å². The van der Waals surface area contributed by atoms with Crippen molar-refractivity contribution < 1.29 is 9.90 Å². The molecule has 0 radical (unpaired) electrons. The maximum atomic E-state index is 10.9. The average Bonchev–Trinajstić information content (AvgIpc) is 2.36. The van der Waals surface area contributed by atoms with E-state index in [1.807, 2.05) is 0 Å². The summed E-state index contributed by atoms with van der Waals surface area (Å²) in [5, 5.41) is 9.01. The second-order valence-corrected chi connectivity index (χ2v) is 2.58. The molecule has 0 aromatic heterocycles. The normalized spacial score (nSPS) is 22.2. The smallest absolute Gasteiger partial charge is 0.220 e. The molecule has 11 heavy (non-hydrogen) atoms. The highest BCUT2D eigenvalue weighted by molar-refractivity contribution is 6.21. The van der Waals surface area contributed by atoms with Crippen molar-refractivity contribution in [2.24, 2.45) is 4.99 Å². The Morgan fingerprint density at radius 3 is 3.09 bits per heavy atom. The van der Waals surface area contributed by atoms with E-state index in [9.17, 15) is 4.79 Å². The standard InChI is InChI=1S/C8H7NO2/c10-7-3-5-1-2-9-6(5)4-8(7)11/h3-4,11H,1-2H2. The van der Waals surface area contributed by atoms with E-state index in [2.05, 4.69) is 4.99 Å². The number of carbonyl (C=O) groups is 1. The first-order valence-electron chi connectivity index (χ1n) is 3.48. The molecule has 0 aromatic carbocycles. The largest absolute Gasteiger partial charge is 0.504 e. The molecule has 1 aliphatic heterocycles. The van der Waals surface area contributed by atoms with Crippen LogP contribution in [-0.2, 0) is 4.79 Å². The number of hydrogen-bond donors (Lipinski definition) is 1. The van der Waals surface area contributed by atoms with Crippen molar-refractivity contribution in [3.63, 3.8) is 0 Å². The monoisotopic (exact) mass is 149 g/mol. The molecule has 0 aromatic rings. The van der Waals surface area contributed by atoms with Crippen molar-refractivity contribution in [1.29, 1.82) is 0 Å². The Morgan fingerprint density at radius 2 is 2.27 bits per heavy atom. The lowest BCUT2D eigenvalue weighted by Gasteiger charge is -2.04. The number of aliphatic hydroxyl groups excluding tert-OH is 1. The molecule has 0 amide bonds. The molecule has 0 saturated carbocycles. The van der Waals surface area contributed by atoms with Crippen molar-refractivity contribution in [2.75, 3.05) is 6.54 Å². The van der Waals surface area contributed by atoms with Gasteiger partial charge in [0, 0.05) is 12.6 Å². The number of rotatable bonds is 0. The second kappa shape index (κ2) is 2.05. The minimum atomic E-state index is -0.305. The van der Waals surface area contributed by atoms with Crippen LogP contribution >= 0.6 is 0 Å². The van der Waals surface area contributed by atoms with Crippen molar-refractivity contribution >= 4 is 11.5 Å². The summed E-state index contributed by atoms with van der Waals surface area (Å²) in [6.07, 6.45) is 3.72. The third-order valence-corrected chi connectivity index (χ3v) is 1.82. The van der Waals surface area contributed by atoms with Gasteiger partial charge in [0.2, 0.25) is 5.78 Å². The first-order chi connectivity index (χ1) is 5.27. The molecule has 56 valence electrons. The lowest BCUT2D eigenvalue weighted by molar-refractivity contribution is -0.113. The molecule has 2 rings (SSSR count). The Labute approximate surface area is 63.8 Å². The molecule has 3 nitrogen and oxygen atoms in total. The molecule has 1 N–H and O–H groups in total. The van der Waals surface area contributed by atoms with E-state index in [0.717, 1.165) is 24.3 Å². The zero-order valence-corrected chi connectivity index (χ0v) is 5.87. The summed E-state index contributed by atoms with van der Waals surface area (Å²) in [5.41, 5.74) is 1.72. The van der Waals surface area contributed by atoms with Crippen LogP contribution in [0.25, 0.3) is 0 Å². The highest BCUT2D eigenvalue weighted by Gasteiger charge is 2.20. The quantitative estimate of drug-likeness (QED) is 0.517. The zero-order chi connectivity index (χ0) is 7.84. The molecule has 0 fully saturated rings. The minimum absolute atomic E-state index is 0.200. The van der Waals surface area contributed by atoms with Gasteiger partial charge in [0.25, 0.3) is 0 Å². The molecular formula is C8H7NO2. The van der Waals surface area contributed by atoms with Crippen LogP contribution in [0.4, 0.5) is 0 Å². The van der Waals surface area contributed by atoms with Crippen molar-refractivity contribution in [3.05, 3.63) is 23.5 Å². The number of aliphatic hydroxyl groups is 1. The molecule has 1 heterocycles. The predicted molar refractivity (Wildman–Crippen MR) is 40.7 cm³/mol. The van der Waals surface area contributed by atoms with Gasteiger partial charge >= 0.3 is 0 Å². The Balaban J connectivity index is 2.46. The maximum Gasteiger partial charge on any atom is 0.220 e. The lowest BCUT2D eigenvalue weighted by Crippen LogP contribution is -2.09. The van der Waals surface area contributed by atoms with E-state index in [1.165, 1.54) is 12.2 Å². The minimum Gasteiger partial charge on any atom is -0.504 e. The highest BCUT2D eigenvalue weighted by atomic mass is 16.3. The van der Waals surface area contributed by atoms with Crippen LogP contribution < -0.4 is 0 Å². The second-order valence-electron chi connectivity index (χ2n) is 2.58. The zero-order valence-electron chi connectivity index (χ0n) is 5.87. The van der Waals surface area contributed by atoms with Gasteiger partial charge in [-0.2, -0.15) is 0 Å². The fourth-order valence-corrected chi connectivity index (χ4v) is 1.24. The van der Waals surface area contributed by atoms with E-state index >= 15 is 0 Å². The van der Waals surface area contributed by atoms with E-state index < -0.39 is 0 Å². The number of ketones is 1. The summed E-state index contributed by atoms with van der Waals surface area (Å²) in [7, 11) is 0. The fourth-order valence-electron chi connectivity index (χ4n) is 1.24. The fraction of sp³-hybridized carbons (Fsp3) is 0.250. The number of nitrogens with zero attached hydrogens (tertiary/aromatic N) is 1. The van der Waals surface area contributed by atoms with Crippen LogP contribution in [0.5, 0.6) is 0 Å². The number of allylic oxidation sites excluding steroid dienone is 2. The summed E-state index contributed by atoms with van der Waals surface area (Å²) in [5.74, 6) is -0.504. The first kappa shape index (κ1) is 6.34. The molecular weight excluding hydrogens is 142 g/mol. The molecule has 0 unspecified atom stereocenters. The third kappa shape index (κ3) is 0.888. The number of hydrogen-bond acceptors (Lipinski definition) is 3. The number of aliphatic imine (C=N–C) groups is 1. The number of carbonyl (C=O) groups excluding carboxylic acids is 1. The summed E-state index contributed by atoms with van der Waals surface area (Å²) in [6, 6.07) is 0. The number of fused-ring (bicyclic) bond motifs is 1. The Bertz CT molecular complexity index is 310. The molecule has 0 saturated heterocycles. The Hall–Kier alpha value is -1.38. The van der Waals surface area contributed by atoms with E-state index in [-0.39, 0.29) is 11.5 Å². The third-order valence-electron chi connectivity index (χ3n) is 1.82. The van der Waals surface area contributed by atoms with Gasteiger partial charge in [0.05, 0.1) is 5.71 Å². The highest BCUT2D eigenvalue weighted by Crippen LogP contribution is 2.19. The molecule has 0 atom stereocenters. The maximum absolute atomic E-state index is 10.9. The van der Waals surface area contributed by atoms with E-state index in [0.29, 0.717) is 0 Å². The molecule has 0 bridgehead atoms. The van der Waals surface area contributed by atoms with Crippen molar-refractivity contribution in [1.82, 2.24) is 0 Å². The summed E-state index contributed by atoms with van der Waals surface area (Å²) >= 11 is 0. The van der Waals surface area contributed by atoms with Gasteiger partial charge in [-0.05, 0) is 18.1 Å². The Morgan fingerprint density at radius 1 is 1.45 bits per heavy atom. The van der Waals surface area contributed by atoms with Gasteiger partial charge < -0.3 is 5.11 Å². The SMILES string of the molecule is O=C1C=C2CCN=C2C=C1O. The average molecular weight is 149 g/mol. The van der Waals surface area contributed by atoms with Crippen LogP contribution in [0.15, 0.2) is 28.5 Å². The van der Waals surface area contributed by atoms with Gasteiger partial charge in [-0.15, -0.1) is 0 Å². The summed E-state index contributed by atoms with van der Waals surface area (Å²) in [4.78, 5) is 15.0. The molecule has 3 heteroatoms. The summed E-state index contributed by atoms with van der Waals surface area (Å²) < 4.78 is 0. The summed E-state index contributed by atoms with van der Waals surface area (Å²) in [6.45, 7) is 0.734. The van der Waals surface area contributed by atoms with Crippen LogP contribution in [0.1, 0.15) is 6.42 Å². The van der Waals surface area contributed by atoms with E-state index in [4.69, 9.17) is 5.11 Å². The van der Waals surface area contributed by atoms with Gasteiger partial charge in [0.15, 0.2) is 5.76 Å². The van der Waals surface area contributed by atoms with Gasteiger partial charge in [-0.1, -0.05) is 0 Å². The predicted octanol–water partition coefficient (Wildman–Crippen LogP) is 0.782. The van der Waals surface area contributed by atoms with Gasteiger partial charge in [0.1, 0.15) is 0 Å². The molecule has 2 aliphatic rings. The van der Waals surface area contributed by atoms with Crippen molar-refractivity contribution in [3.8, 4) is 0 Å². The van der Waals surface area contributed by atoms with Crippen molar-refractivity contribution in [2.45, 2.75) is 6.42 Å². The first-order valence-corrected chi connectivity index (χ1v) is 3.48. The lowest BCUT2D eigenvalue weighted by atomic mass is 10.0. The van der Waals surface area contributed by atoms with Gasteiger partial charge in [-0.3, -0.25) is 9.79 Å². The van der Waals surface area contributed by atoms with E-state index in [1.54, 1.807) is 0 Å². The topological polar surface area (TPSA) is 49.7 Å². The van der Waals surface area contributed by atoms with Crippen LogP contribution in [0.3, 0.4) is 0 Å².